The summed E-state index contributed by atoms with van der Waals surface area (Å²) in [5, 5.41) is 0. The molecule has 0 atom stereocenters. The molecule has 0 unspecified atom stereocenters. The highest BCUT2D eigenvalue weighted by atomic mass is 19.4. The third kappa shape index (κ3) is 4.69. The Bertz CT molecular complexity index is 862. The molecule has 0 fully saturated rings. The van der Waals surface area contributed by atoms with Crippen LogP contribution in [0.4, 0.5) is 18.9 Å². The first-order chi connectivity index (χ1) is 12.4. The van der Waals surface area contributed by atoms with E-state index in [9.17, 15) is 13.2 Å². The zero-order valence-corrected chi connectivity index (χ0v) is 13.7. The molecule has 26 heavy (non-hydrogen) atoms. The van der Waals surface area contributed by atoms with Crippen LogP contribution in [0.5, 0.6) is 11.5 Å². The van der Waals surface area contributed by atoms with Gasteiger partial charge in [0, 0.05) is 0 Å². The predicted octanol–water partition coefficient (Wildman–Crippen LogP) is 5.41. The van der Waals surface area contributed by atoms with Gasteiger partial charge in [-0.05, 0) is 41.0 Å². The van der Waals surface area contributed by atoms with Crippen molar-refractivity contribution in [1.82, 2.24) is 0 Å². The topological polar surface area (TPSA) is 44.5 Å². The van der Waals surface area contributed by atoms with Gasteiger partial charge in [0.25, 0.3) is 0 Å². The third-order valence-corrected chi connectivity index (χ3v) is 3.67. The van der Waals surface area contributed by atoms with Gasteiger partial charge in [-0.1, -0.05) is 48.5 Å². The van der Waals surface area contributed by atoms with Crippen LogP contribution >= 0.6 is 0 Å². The average Bonchev–Trinajstić information content (AvgIpc) is 2.61. The lowest BCUT2D eigenvalue weighted by Gasteiger charge is -2.12. The fourth-order valence-electron chi connectivity index (χ4n) is 2.42. The Kier molecular flexibility index (Phi) is 5.02. The van der Waals surface area contributed by atoms with Crippen LogP contribution in [0, 0.1) is 0 Å². The molecule has 0 heterocycles. The van der Waals surface area contributed by atoms with E-state index in [1.54, 1.807) is 30.3 Å². The van der Waals surface area contributed by atoms with Gasteiger partial charge in [0.1, 0.15) is 18.1 Å². The molecule has 3 rings (SSSR count). The van der Waals surface area contributed by atoms with E-state index in [-0.39, 0.29) is 5.75 Å². The number of hydrogen-bond donors (Lipinski definition) is 1. The van der Waals surface area contributed by atoms with Crippen LogP contribution in [0.15, 0.2) is 72.8 Å². The number of alkyl halides is 3. The lowest BCUT2D eigenvalue weighted by molar-refractivity contribution is -0.274. The second-order valence-electron chi connectivity index (χ2n) is 5.60. The fourth-order valence-corrected chi connectivity index (χ4v) is 2.42. The zero-order chi connectivity index (χ0) is 18.6. The van der Waals surface area contributed by atoms with Crippen molar-refractivity contribution < 1.29 is 22.6 Å². The first-order valence-corrected chi connectivity index (χ1v) is 7.83. The number of nitrogen functional groups attached to an aromatic ring is 1. The summed E-state index contributed by atoms with van der Waals surface area (Å²) in [5.74, 6) is 0.249. The number of benzene rings is 3. The molecular weight excluding hydrogens is 343 g/mol. The number of rotatable bonds is 5. The summed E-state index contributed by atoms with van der Waals surface area (Å²) < 4.78 is 46.4. The van der Waals surface area contributed by atoms with E-state index in [2.05, 4.69) is 4.74 Å². The predicted molar refractivity (Wildman–Crippen MR) is 93.7 cm³/mol. The standard InChI is InChI=1S/C20H16F3NO2/c21-20(22,23)26-17-9-6-15(7-10-17)16-8-11-18(24)19(12-16)25-13-14-4-2-1-3-5-14/h1-12H,13,24H2. The van der Waals surface area contributed by atoms with Gasteiger partial charge in [-0.25, -0.2) is 0 Å². The highest BCUT2D eigenvalue weighted by Crippen LogP contribution is 2.31. The molecule has 0 bridgehead atoms. The van der Waals surface area contributed by atoms with Gasteiger partial charge >= 0.3 is 6.36 Å². The number of halogens is 3. The van der Waals surface area contributed by atoms with Crippen molar-refractivity contribution in [1.29, 1.82) is 0 Å². The Hall–Kier alpha value is -3.15. The smallest absolute Gasteiger partial charge is 0.487 e. The van der Waals surface area contributed by atoms with Gasteiger partial charge in [0.2, 0.25) is 0 Å². The molecule has 0 saturated carbocycles. The molecule has 0 aliphatic heterocycles. The quantitative estimate of drug-likeness (QED) is 0.619. The zero-order valence-electron chi connectivity index (χ0n) is 13.7. The number of anilines is 1. The Morgan fingerprint density at radius 2 is 1.46 bits per heavy atom. The highest BCUT2D eigenvalue weighted by Gasteiger charge is 2.30. The number of ether oxygens (including phenoxy) is 2. The SMILES string of the molecule is Nc1ccc(-c2ccc(OC(F)(F)F)cc2)cc1OCc1ccccc1. The molecule has 0 spiro atoms. The Balaban J connectivity index is 1.76. The summed E-state index contributed by atoms with van der Waals surface area (Å²) in [6.45, 7) is 0.368. The van der Waals surface area contributed by atoms with Gasteiger partial charge in [-0.2, -0.15) is 0 Å². The maximum atomic E-state index is 12.2. The minimum Gasteiger partial charge on any atom is -0.487 e. The van der Waals surface area contributed by atoms with E-state index in [0.717, 1.165) is 16.7 Å². The van der Waals surface area contributed by atoms with Crippen molar-refractivity contribution in [3.8, 4) is 22.6 Å². The van der Waals surface area contributed by atoms with Crippen LogP contribution in [0.3, 0.4) is 0 Å². The minimum atomic E-state index is -4.71. The summed E-state index contributed by atoms with van der Waals surface area (Å²) in [4.78, 5) is 0. The molecule has 3 nitrogen and oxygen atoms in total. The normalized spacial score (nSPS) is 11.2. The van der Waals surface area contributed by atoms with Crippen molar-refractivity contribution in [2.75, 3.05) is 5.73 Å². The minimum absolute atomic E-state index is 0.266. The molecule has 3 aromatic rings. The van der Waals surface area contributed by atoms with E-state index in [0.29, 0.717) is 18.0 Å². The molecule has 0 radical (unpaired) electrons. The lowest BCUT2D eigenvalue weighted by atomic mass is 10.0. The van der Waals surface area contributed by atoms with Crippen LogP contribution in [-0.2, 0) is 6.61 Å². The van der Waals surface area contributed by atoms with Crippen LogP contribution in [0.1, 0.15) is 5.56 Å². The molecule has 134 valence electrons. The number of hydrogen-bond acceptors (Lipinski definition) is 3. The second-order valence-corrected chi connectivity index (χ2v) is 5.60. The van der Waals surface area contributed by atoms with Gasteiger partial charge in [-0.3, -0.25) is 0 Å². The van der Waals surface area contributed by atoms with Crippen LogP contribution < -0.4 is 15.2 Å². The number of nitrogens with two attached hydrogens (primary N) is 1. The summed E-state index contributed by atoms with van der Waals surface area (Å²) in [5.41, 5.74) is 8.95. The molecule has 0 aromatic heterocycles. The molecule has 0 aliphatic rings. The Morgan fingerprint density at radius 3 is 2.12 bits per heavy atom. The van der Waals surface area contributed by atoms with Crippen molar-refractivity contribution in [3.05, 3.63) is 78.4 Å². The maximum absolute atomic E-state index is 12.2. The lowest BCUT2D eigenvalue weighted by Crippen LogP contribution is -2.16. The maximum Gasteiger partial charge on any atom is 0.573 e. The first-order valence-electron chi connectivity index (χ1n) is 7.83. The first kappa shape index (κ1) is 17.7. The van der Waals surface area contributed by atoms with Gasteiger partial charge < -0.3 is 15.2 Å². The monoisotopic (exact) mass is 359 g/mol. The Morgan fingerprint density at radius 1 is 0.808 bits per heavy atom. The van der Waals surface area contributed by atoms with Gasteiger partial charge in [-0.15, -0.1) is 13.2 Å². The molecule has 2 N–H and O–H groups in total. The van der Waals surface area contributed by atoms with Crippen molar-refractivity contribution in [2.24, 2.45) is 0 Å². The third-order valence-electron chi connectivity index (χ3n) is 3.67. The van der Waals surface area contributed by atoms with Gasteiger partial charge in [0.15, 0.2) is 0 Å². The second kappa shape index (κ2) is 7.39. The van der Waals surface area contributed by atoms with E-state index in [4.69, 9.17) is 10.5 Å². The molecule has 0 saturated heterocycles. The van der Waals surface area contributed by atoms with E-state index in [1.807, 2.05) is 30.3 Å². The van der Waals surface area contributed by atoms with E-state index >= 15 is 0 Å². The molecule has 3 aromatic carbocycles. The van der Waals surface area contributed by atoms with Crippen LogP contribution in [-0.4, -0.2) is 6.36 Å². The molecule has 0 aliphatic carbocycles. The van der Waals surface area contributed by atoms with E-state index in [1.165, 1.54) is 12.1 Å². The summed E-state index contributed by atoms with van der Waals surface area (Å²) >= 11 is 0. The van der Waals surface area contributed by atoms with Crippen molar-refractivity contribution in [2.45, 2.75) is 13.0 Å². The van der Waals surface area contributed by atoms with Crippen LogP contribution in [0.25, 0.3) is 11.1 Å². The molecule has 0 amide bonds. The average molecular weight is 359 g/mol. The van der Waals surface area contributed by atoms with Crippen molar-refractivity contribution >= 4 is 5.69 Å². The largest absolute Gasteiger partial charge is 0.573 e. The Labute approximate surface area is 148 Å². The summed E-state index contributed by atoms with van der Waals surface area (Å²) in [6, 6.07) is 20.5. The summed E-state index contributed by atoms with van der Waals surface area (Å²) in [7, 11) is 0. The van der Waals surface area contributed by atoms with Crippen LogP contribution in [0.2, 0.25) is 0 Å². The molecular formula is C20H16F3NO2. The summed E-state index contributed by atoms with van der Waals surface area (Å²) in [6.07, 6.45) is -4.71. The fraction of sp³-hybridized carbons (Fsp3) is 0.100. The highest BCUT2D eigenvalue weighted by molar-refractivity contribution is 5.70. The van der Waals surface area contributed by atoms with E-state index < -0.39 is 6.36 Å². The molecule has 6 heteroatoms. The van der Waals surface area contributed by atoms with Crippen molar-refractivity contribution in [3.63, 3.8) is 0 Å². The van der Waals surface area contributed by atoms with Gasteiger partial charge in [0.05, 0.1) is 5.69 Å².